The second-order valence-electron chi connectivity index (χ2n) is 8.11. The van der Waals surface area contributed by atoms with Crippen LogP contribution in [0.5, 0.6) is 0 Å². The maximum absolute atomic E-state index is 13.3. The average Bonchev–Trinajstić information content (AvgIpc) is 2.84. The zero-order valence-corrected chi connectivity index (χ0v) is 18.9. The molecule has 3 aromatic rings. The molecular formula is C25H27F2N5O3. The minimum absolute atomic E-state index is 0.0262. The molecular weight excluding hydrogens is 456 g/mol. The molecule has 0 saturated heterocycles. The van der Waals surface area contributed by atoms with Gasteiger partial charge < -0.3 is 16.1 Å². The number of anilines is 1. The first-order chi connectivity index (χ1) is 16.7. The fraction of sp³-hybridized carbons (Fsp3) is 0.200. The van der Waals surface area contributed by atoms with Gasteiger partial charge in [-0.3, -0.25) is 14.8 Å². The Morgan fingerprint density at radius 1 is 0.971 bits per heavy atom. The zero-order chi connectivity index (χ0) is 25.4. The van der Waals surface area contributed by atoms with Crippen molar-refractivity contribution in [2.75, 3.05) is 5.32 Å². The van der Waals surface area contributed by atoms with E-state index < -0.39 is 29.5 Å². The van der Waals surface area contributed by atoms with Gasteiger partial charge in [0.2, 0.25) is 11.8 Å². The van der Waals surface area contributed by atoms with E-state index in [0.717, 1.165) is 28.5 Å². The summed E-state index contributed by atoms with van der Waals surface area (Å²) in [7, 11) is 0. The molecule has 7 N–H and O–H groups in total. The van der Waals surface area contributed by atoms with E-state index in [1.807, 2.05) is 42.5 Å². The third-order valence-corrected chi connectivity index (χ3v) is 5.41. The molecule has 0 spiro atoms. The number of hydrazine groups is 1. The molecule has 0 fully saturated rings. The lowest BCUT2D eigenvalue weighted by atomic mass is 9.99. The van der Waals surface area contributed by atoms with Crippen LogP contribution in [0.2, 0.25) is 0 Å². The minimum atomic E-state index is -1.06. The van der Waals surface area contributed by atoms with Crippen LogP contribution in [-0.4, -0.2) is 28.1 Å². The van der Waals surface area contributed by atoms with Gasteiger partial charge in [-0.25, -0.2) is 20.1 Å². The molecule has 2 amide bonds. The Balaban J connectivity index is 1.63. The van der Waals surface area contributed by atoms with Crippen LogP contribution in [-0.2, 0) is 16.0 Å². The summed E-state index contributed by atoms with van der Waals surface area (Å²) in [5.41, 5.74) is 8.99. The van der Waals surface area contributed by atoms with E-state index in [2.05, 4.69) is 5.32 Å². The molecule has 0 saturated carbocycles. The molecule has 1 unspecified atom stereocenters. The smallest absolute Gasteiger partial charge is 0.245 e. The van der Waals surface area contributed by atoms with Crippen molar-refractivity contribution in [3.63, 3.8) is 0 Å². The topological polar surface area (TPSA) is 134 Å². The molecule has 8 nitrogen and oxygen atoms in total. The summed E-state index contributed by atoms with van der Waals surface area (Å²) in [6.07, 6.45) is 1.84. The van der Waals surface area contributed by atoms with Crippen LogP contribution >= 0.6 is 0 Å². The van der Waals surface area contributed by atoms with Gasteiger partial charge in [-0.05, 0) is 41.3 Å². The van der Waals surface area contributed by atoms with E-state index in [1.54, 1.807) is 5.48 Å². The first-order valence-corrected chi connectivity index (χ1v) is 10.9. The molecule has 0 heterocycles. The van der Waals surface area contributed by atoms with Gasteiger partial charge in [-0.1, -0.05) is 42.5 Å². The number of nitrogens with one attached hydrogen (secondary N) is 2. The largest absolute Gasteiger partial charge is 0.401 e. The molecule has 0 aliphatic heterocycles. The third kappa shape index (κ3) is 7.49. The van der Waals surface area contributed by atoms with E-state index in [9.17, 15) is 18.4 Å². The highest BCUT2D eigenvalue weighted by atomic mass is 19.2. The number of halogens is 2. The summed E-state index contributed by atoms with van der Waals surface area (Å²) < 4.78 is 26.3. The van der Waals surface area contributed by atoms with Crippen molar-refractivity contribution < 1.29 is 23.6 Å². The van der Waals surface area contributed by atoms with Crippen molar-refractivity contribution in [1.82, 2.24) is 10.5 Å². The summed E-state index contributed by atoms with van der Waals surface area (Å²) >= 11 is 0. The molecule has 35 heavy (non-hydrogen) atoms. The summed E-state index contributed by atoms with van der Waals surface area (Å²) in [5, 5.41) is 14.8. The highest BCUT2D eigenvalue weighted by Gasteiger charge is 2.19. The highest BCUT2D eigenvalue weighted by Crippen LogP contribution is 2.19. The fourth-order valence-electron chi connectivity index (χ4n) is 3.60. The van der Waals surface area contributed by atoms with Crippen LogP contribution in [0, 0.1) is 11.6 Å². The van der Waals surface area contributed by atoms with Crippen molar-refractivity contribution in [3.8, 4) is 0 Å². The molecule has 0 bridgehead atoms. The van der Waals surface area contributed by atoms with E-state index in [4.69, 9.17) is 16.8 Å². The van der Waals surface area contributed by atoms with Crippen molar-refractivity contribution in [2.24, 2.45) is 11.6 Å². The van der Waals surface area contributed by atoms with Gasteiger partial charge in [0, 0.05) is 30.1 Å². The number of rotatable bonds is 10. The standard InChI is InChI=1S/C25H27F2N5O3/c26-22-9-8-20(13-23(22)27)30-24(33)10-7-19(28)15-32(29)21(14-25(34)31-35)12-16-5-6-17-3-1-2-4-18(17)11-16/h1-6,8-9,11,13,15,21,35H,7,10,12,14,28-29H2,(H,30,33)(H,31,34)/b19-15-. The predicted molar refractivity (Wildman–Crippen MR) is 129 cm³/mol. The van der Waals surface area contributed by atoms with Crippen molar-refractivity contribution in [3.05, 3.63) is 89.8 Å². The molecule has 184 valence electrons. The second kappa shape index (κ2) is 11.9. The lowest BCUT2D eigenvalue weighted by Crippen LogP contribution is -2.42. The number of allylic oxidation sites excluding steroid dienone is 1. The van der Waals surface area contributed by atoms with Gasteiger partial charge in [0.15, 0.2) is 11.6 Å². The lowest BCUT2D eigenvalue weighted by Gasteiger charge is -2.26. The molecule has 0 radical (unpaired) electrons. The number of carbonyl (C=O) groups is 2. The summed E-state index contributed by atoms with van der Waals surface area (Å²) in [6.45, 7) is 0. The number of hydrogen-bond acceptors (Lipinski definition) is 6. The van der Waals surface area contributed by atoms with E-state index in [1.165, 1.54) is 17.3 Å². The van der Waals surface area contributed by atoms with Gasteiger partial charge in [0.1, 0.15) is 0 Å². The summed E-state index contributed by atoms with van der Waals surface area (Å²) in [5.74, 6) is 3.06. The quantitative estimate of drug-likeness (QED) is 0.171. The first kappa shape index (κ1) is 25.6. The Morgan fingerprint density at radius 3 is 2.43 bits per heavy atom. The van der Waals surface area contributed by atoms with Gasteiger partial charge in [0.05, 0.1) is 12.5 Å². The number of nitrogens with zero attached hydrogens (tertiary/aromatic N) is 1. The number of carbonyl (C=O) groups excluding carboxylic acids is 2. The Labute approximate surface area is 201 Å². The Kier molecular flexibility index (Phi) is 8.71. The van der Waals surface area contributed by atoms with E-state index in [-0.39, 0.29) is 30.6 Å². The van der Waals surface area contributed by atoms with Crippen LogP contribution in [0.1, 0.15) is 24.8 Å². The van der Waals surface area contributed by atoms with Crippen LogP contribution in [0.15, 0.2) is 72.6 Å². The van der Waals surface area contributed by atoms with Crippen molar-refractivity contribution in [1.29, 1.82) is 0 Å². The predicted octanol–water partition coefficient (Wildman–Crippen LogP) is 3.32. The molecule has 0 aliphatic rings. The molecule has 3 aromatic carbocycles. The number of hydroxylamine groups is 1. The van der Waals surface area contributed by atoms with Gasteiger partial charge in [0.25, 0.3) is 0 Å². The number of fused-ring (bicyclic) bond motifs is 1. The van der Waals surface area contributed by atoms with Gasteiger partial charge in [-0.15, -0.1) is 0 Å². The third-order valence-electron chi connectivity index (χ3n) is 5.41. The monoisotopic (exact) mass is 483 g/mol. The van der Waals surface area contributed by atoms with Crippen molar-refractivity contribution >= 4 is 28.3 Å². The van der Waals surface area contributed by atoms with Crippen molar-refractivity contribution in [2.45, 2.75) is 31.7 Å². The van der Waals surface area contributed by atoms with Crippen LogP contribution in [0.25, 0.3) is 10.8 Å². The Morgan fingerprint density at radius 2 is 1.71 bits per heavy atom. The van der Waals surface area contributed by atoms with Crippen LogP contribution in [0.3, 0.4) is 0 Å². The second-order valence-corrected chi connectivity index (χ2v) is 8.11. The minimum Gasteiger partial charge on any atom is -0.401 e. The normalized spacial score (nSPS) is 12.3. The van der Waals surface area contributed by atoms with Crippen LogP contribution < -0.4 is 22.4 Å². The maximum Gasteiger partial charge on any atom is 0.245 e. The first-order valence-electron chi connectivity index (χ1n) is 10.9. The van der Waals surface area contributed by atoms with E-state index in [0.29, 0.717) is 6.42 Å². The Bertz CT molecular complexity index is 1230. The SMILES string of the molecule is N/C(=C\N(N)C(CC(=O)NO)Cc1ccc2ccccc2c1)CCC(=O)Nc1ccc(F)c(F)c1. The highest BCUT2D eigenvalue weighted by molar-refractivity contribution is 5.90. The number of hydrogen-bond donors (Lipinski definition) is 5. The summed E-state index contributed by atoms with van der Waals surface area (Å²) in [4.78, 5) is 24.0. The Hall–Kier alpha value is -4.02. The lowest BCUT2D eigenvalue weighted by molar-refractivity contribution is -0.130. The molecule has 1 atom stereocenters. The van der Waals surface area contributed by atoms with Crippen LogP contribution in [0.4, 0.5) is 14.5 Å². The average molecular weight is 484 g/mol. The summed E-state index contributed by atoms with van der Waals surface area (Å²) in [6, 6.07) is 16.3. The van der Waals surface area contributed by atoms with E-state index >= 15 is 0 Å². The van der Waals surface area contributed by atoms with Gasteiger partial charge in [-0.2, -0.15) is 0 Å². The zero-order valence-electron chi connectivity index (χ0n) is 18.9. The number of nitrogens with two attached hydrogens (primary N) is 2. The molecule has 0 aromatic heterocycles. The fourth-order valence-corrected chi connectivity index (χ4v) is 3.60. The molecule has 3 rings (SSSR count). The molecule has 10 heteroatoms. The number of amides is 2. The van der Waals surface area contributed by atoms with Gasteiger partial charge >= 0.3 is 0 Å². The molecule has 0 aliphatic carbocycles. The number of benzene rings is 3. The maximum atomic E-state index is 13.3.